The number of hydrogen-bond acceptors (Lipinski definition) is 13. The minimum atomic E-state index is -1.09. The molecule has 2 atom stereocenters. The van der Waals surface area contributed by atoms with Gasteiger partial charge in [-0.05, 0) is 54.6 Å². The SMILES string of the molecule is CC(C)(C)[C@H](c1cc(-c2cc(F)ccc2F)cn1Cc1ccccc1)N(CCCN)C(=O)CSC[C@H](CC(=O)CCOCCOCCOCCOCCCC(=O)CCN1C(=O)C=CC1=O)C(=O)NCCC(=O)O. The summed E-state index contributed by atoms with van der Waals surface area (Å²) in [7, 11) is 0. The lowest BCUT2D eigenvalue weighted by Crippen LogP contribution is -2.44. The summed E-state index contributed by atoms with van der Waals surface area (Å²) in [5.74, 6) is -4.98. The highest BCUT2D eigenvalue weighted by Gasteiger charge is 2.37. The predicted molar refractivity (Wildman–Crippen MR) is 271 cm³/mol. The minimum absolute atomic E-state index is 0.0162. The van der Waals surface area contributed by atoms with E-state index in [1.807, 2.05) is 55.7 Å². The van der Waals surface area contributed by atoms with Gasteiger partial charge in [0, 0.05) is 99.4 Å². The first-order chi connectivity index (χ1) is 35.0. The molecule has 4 amide bonds. The second-order valence-corrected chi connectivity index (χ2v) is 19.6. The average Bonchev–Trinajstić information content (AvgIpc) is 3.90. The number of nitrogens with zero attached hydrogens (tertiary/aromatic N) is 3. The summed E-state index contributed by atoms with van der Waals surface area (Å²) in [6.07, 6.45) is 5.08. The second-order valence-electron chi connectivity index (χ2n) is 18.5. The Kier molecular flexibility index (Phi) is 26.1. The summed E-state index contributed by atoms with van der Waals surface area (Å²) in [4.78, 5) is 90.2. The number of amides is 4. The zero-order valence-electron chi connectivity index (χ0n) is 42.2. The molecular weight excluding hydrogens is 969 g/mol. The number of nitrogens with one attached hydrogen (secondary N) is 1. The molecule has 0 unspecified atom stereocenters. The van der Waals surface area contributed by atoms with E-state index in [9.17, 15) is 38.0 Å². The summed E-state index contributed by atoms with van der Waals surface area (Å²) in [6, 6.07) is 14.2. The third kappa shape index (κ3) is 21.4. The average molecular weight is 1040 g/mol. The summed E-state index contributed by atoms with van der Waals surface area (Å²) < 4.78 is 53.8. The van der Waals surface area contributed by atoms with Crippen molar-refractivity contribution >= 4 is 52.9 Å². The quantitative estimate of drug-likeness (QED) is 0.0461. The third-order valence-electron chi connectivity index (χ3n) is 11.6. The van der Waals surface area contributed by atoms with E-state index in [1.54, 1.807) is 17.2 Å². The number of aliphatic carboxylic acids is 1. The number of benzene rings is 2. The van der Waals surface area contributed by atoms with Crippen molar-refractivity contribution in [1.82, 2.24) is 19.7 Å². The van der Waals surface area contributed by atoms with E-state index in [1.165, 1.54) is 23.9 Å². The fourth-order valence-electron chi connectivity index (χ4n) is 8.02. The Bertz CT molecular complexity index is 2290. The van der Waals surface area contributed by atoms with Crippen molar-refractivity contribution in [2.45, 2.75) is 78.3 Å². The first-order valence-corrected chi connectivity index (χ1v) is 25.8. The van der Waals surface area contributed by atoms with Gasteiger partial charge in [-0.2, -0.15) is 11.8 Å². The maximum atomic E-state index is 15.2. The molecule has 20 heteroatoms. The van der Waals surface area contributed by atoms with E-state index in [0.717, 1.165) is 28.7 Å². The van der Waals surface area contributed by atoms with Gasteiger partial charge in [-0.15, -0.1) is 0 Å². The van der Waals surface area contributed by atoms with Crippen molar-refractivity contribution in [2.24, 2.45) is 17.1 Å². The Morgan fingerprint density at radius 1 is 0.795 bits per heavy atom. The lowest BCUT2D eigenvalue weighted by Gasteiger charge is -2.41. The van der Waals surface area contributed by atoms with Crippen LogP contribution in [0.3, 0.4) is 0 Å². The Hall–Kier alpha value is -5.64. The summed E-state index contributed by atoms with van der Waals surface area (Å²) in [5, 5.41) is 11.8. The van der Waals surface area contributed by atoms with Crippen LogP contribution in [0.2, 0.25) is 0 Å². The van der Waals surface area contributed by atoms with E-state index in [0.29, 0.717) is 70.2 Å². The van der Waals surface area contributed by atoms with Crippen LogP contribution >= 0.6 is 11.8 Å². The number of nitrogens with two attached hydrogens (primary N) is 1. The molecule has 1 aromatic heterocycles. The third-order valence-corrected chi connectivity index (χ3v) is 12.7. The zero-order chi connectivity index (χ0) is 53.2. The summed E-state index contributed by atoms with van der Waals surface area (Å²) in [6.45, 7) is 9.11. The van der Waals surface area contributed by atoms with Crippen LogP contribution in [0.25, 0.3) is 11.1 Å². The minimum Gasteiger partial charge on any atom is -0.481 e. The monoisotopic (exact) mass is 1040 g/mol. The largest absolute Gasteiger partial charge is 0.481 e. The maximum Gasteiger partial charge on any atom is 0.305 e. The lowest BCUT2D eigenvalue weighted by atomic mass is 9.83. The van der Waals surface area contributed by atoms with Crippen LogP contribution in [-0.4, -0.2) is 151 Å². The van der Waals surface area contributed by atoms with Crippen LogP contribution in [0.15, 0.2) is 72.9 Å². The van der Waals surface area contributed by atoms with Crippen molar-refractivity contribution in [2.75, 3.05) is 90.5 Å². The Morgan fingerprint density at radius 3 is 2.07 bits per heavy atom. The molecule has 0 fully saturated rings. The number of Topliss-reactive ketones (excluding diaryl/α,β-unsaturated/α-hetero) is 2. The number of thioether (sulfide) groups is 1. The number of ether oxygens (including phenoxy) is 4. The Labute approximate surface area is 430 Å². The number of carbonyl (C=O) groups is 7. The Balaban J connectivity index is 1.24. The number of carboxylic acids is 1. The van der Waals surface area contributed by atoms with Gasteiger partial charge in [-0.3, -0.25) is 38.5 Å². The summed E-state index contributed by atoms with van der Waals surface area (Å²) >= 11 is 1.19. The maximum absolute atomic E-state index is 15.2. The molecule has 1 aliphatic rings. The van der Waals surface area contributed by atoms with Crippen molar-refractivity contribution < 1.29 is 66.4 Å². The molecule has 0 bridgehead atoms. The Morgan fingerprint density at radius 2 is 1.44 bits per heavy atom. The number of carbonyl (C=O) groups excluding carboxylic acids is 6. The van der Waals surface area contributed by atoms with Gasteiger partial charge in [0.05, 0.1) is 70.4 Å². The van der Waals surface area contributed by atoms with Crippen molar-refractivity contribution in [3.05, 3.63) is 95.8 Å². The van der Waals surface area contributed by atoms with E-state index in [-0.39, 0.29) is 106 Å². The number of ketones is 2. The molecule has 2 heterocycles. The van der Waals surface area contributed by atoms with Crippen LogP contribution in [-0.2, 0) is 59.1 Å². The molecule has 17 nitrogen and oxygen atoms in total. The second kappa shape index (κ2) is 31.8. The van der Waals surface area contributed by atoms with Crippen molar-refractivity contribution in [1.29, 1.82) is 0 Å². The molecular formula is C53H71F2N5O12S. The molecule has 4 N–H and O–H groups in total. The van der Waals surface area contributed by atoms with Gasteiger partial charge in [0.2, 0.25) is 11.8 Å². The van der Waals surface area contributed by atoms with Gasteiger partial charge >= 0.3 is 5.97 Å². The zero-order valence-corrected chi connectivity index (χ0v) is 43.0. The number of aromatic nitrogens is 1. The van der Waals surface area contributed by atoms with Crippen LogP contribution in [0.4, 0.5) is 8.78 Å². The molecule has 400 valence electrons. The van der Waals surface area contributed by atoms with E-state index in [2.05, 4.69) is 5.32 Å². The highest BCUT2D eigenvalue weighted by molar-refractivity contribution is 7.99. The normalized spacial score (nSPS) is 13.4. The number of carboxylic acid groups (broad SMARTS) is 1. The van der Waals surface area contributed by atoms with Crippen LogP contribution in [0, 0.1) is 23.0 Å². The smallest absolute Gasteiger partial charge is 0.305 e. The van der Waals surface area contributed by atoms with Crippen LogP contribution < -0.4 is 11.1 Å². The number of halogens is 2. The van der Waals surface area contributed by atoms with Crippen LogP contribution in [0.5, 0.6) is 0 Å². The van der Waals surface area contributed by atoms with Gasteiger partial charge in [0.25, 0.3) is 11.8 Å². The topological polar surface area (TPSA) is 226 Å². The highest BCUT2D eigenvalue weighted by atomic mass is 32.2. The first kappa shape index (κ1) is 59.9. The fourth-order valence-corrected chi connectivity index (χ4v) is 9.03. The van der Waals surface area contributed by atoms with Crippen LogP contribution in [0.1, 0.15) is 83.0 Å². The van der Waals surface area contributed by atoms with Crippen molar-refractivity contribution in [3.63, 3.8) is 0 Å². The van der Waals surface area contributed by atoms with Gasteiger partial charge in [-0.25, -0.2) is 8.78 Å². The number of hydrogen-bond donors (Lipinski definition) is 3. The number of rotatable bonds is 37. The summed E-state index contributed by atoms with van der Waals surface area (Å²) in [5.41, 5.74) is 7.62. The van der Waals surface area contributed by atoms with Gasteiger partial charge in [0.15, 0.2) is 0 Å². The molecule has 0 radical (unpaired) electrons. The standard InChI is InChI=1S/C53H71F2N5O12S/c1-53(2,3)51(46-32-39(44-33-41(54)12-13-45(44)55)35-58(46)34-38-9-5-4-6-10-38)60(21-8-19-56)49(65)37-73-36-40(52(68)57-20-16-50(66)67)31-43(62)18-24-70-26-28-72-30-29-71-27-25-69-23-7-11-42(61)17-22-59-47(63)14-15-48(59)64/h4-6,9-10,12-15,32-33,35,40,51H,7-8,11,16-31,34,36-37,56H2,1-3H3,(H,57,68)(H,66,67)/t40-,51-/m0/s1. The van der Waals surface area contributed by atoms with Gasteiger partial charge < -0.3 is 44.6 Å². The molecule has 2 aromatic carbocycles. The molecule has 73 heavy (non-hydrogen) atoms. The molecule has 0 aliphatic carbocycles. The van der Waals surface area contributed by atoms with Gasteiger partial charge in [0.1, 0.15) is 23.2 Å². The fraction of sp³-hybridized carbons (Fsp3) is 0.528. The van der Waals surface area contributed by atoms with Crippen molar-refractivity contribution in [3.8, 4) is 11.1 Å². The van der Waals surface area contributed by atoms with E-state index in [4.69, 9.17) is 29.8 Å². The molecule has 0 saturated carbocycles. The van der Waals surface area contributed by atoms with Gasteiger partial charge in [-0.1, -0.05) is 51.1 Å². The molecule has 4 rings (SSSR count). The highest BCUT2D eigenvalue weighted by Crippen LogP contribution is 2.41. The molecule has 1 aliphatic heterocycles. The predicted octanol–water partition coefficient (Wildman–Crippen LogP) is 5.77. The first-order valence-electron chi connectivity index (χ1n) is 24.6. The molecule has 0 saturated heterocycles. The molecule has 0 spiro atoms. The van der Waals surface area contributed by atoms with E-state index >= 15 is 4.39 Å². The van der Waals surface area contributed by atoms with E-state index < -0.39 is 52.7 Å². The lowest BCUT2D eigenvalue weighted by molar-refractivity contribution is -0.138. The molecule has 3 aromatic rings. The number of imide groups is 1.